The highest BCUT2D eigenvalue weighted by molar-refractivity contribution is 6.34. The Balaban J connectivity index is 0.00000288. The highest BCUT2D eigenvalue weighted by Crippen LogP contribution is 2.33. The van der Waals surface area contributed by atoms with Crippen molar-refractivity contribution in [3.63, 3.8) is 0 Å². The predicted molar refractivity (Wildman–Crippen MR) is 89.7 cm³/mol. The number of nitrogens with one attached hydrogen (secondary N) is 3. The number of halogens is 2. The number of phenols is 1. The van der Waals surface area contributed by atoms with Crippen LogP contribution in [0, 0.1) is 0 Å². The Morgan fingerprint density at radius 3 is 2.46 bits per heavy atom. The van der Waals surface area contributed by atoms with Crippen molar-refractivity contribution in [1.82, 2.24) is 5.32 Å². The maximum absolute atomic E-state index is 12.2. The number of aromatic hydroxyl groups is 1. The zero-order valence-corrected chi connectivity index (χ0v) is 15.2. The first kappa shape index (κ1) is 20.5. The molecule has 2 amide bonds. The fourth-order valence-corrected chi connectivity index (χ4v) is 2.79. The fraction of sp³-hybridized carbons (Fsp3) is 0.467. The van der Waals surface area contributed by atoms with Crippen LogP contribution in [0.15, 0.2) is 12.1 Å². The smallest absolute Gasteiger partial charge is 0.279 e. The molecule has 1 aromatic rings. The Hall–Kier alpha value is -1.54. The van der Waals surface area contributed by atoms with Gasteiger partial charge in [-0.05, 0) is 6.07 Å². The predicted octanol–water partition coefficient (Wildman–Crippen LogP) is -2.00. The highest BCUT2D eigenvalue weighted by atomic mass is 35.5. The number of carbonyl (C=O) groups is 2. The van der Waals surface area contributed by atoms with E-state index in [1.165, 1.54) is 19.1 Å². The zero-order chi connectivity index (χ0) is 17.0. The number of piperazine rings is 1. The van der Waals surface area contributed by atoms with E-state index in [0.717, 1.165) is 26.2 Å². The second-order valence-corrected chi connectivity index (χ2v) is 6.46. The molecule has 0 radical (unpaired) electrons. The van der Waals surface area contributed by atoms with Gasteiger partial charge < -0.3 is 37.9 Å². The van der Waals surface area contributed by atoms with E-state index in [1.807, 2.05) is 7.05 Å². The molecule has 4 N–H and O–H groups in total. The molecule has 0 bridgehead atoms. The van der Waals surface area contributed by atoms with Crippen LogP contribution in [0.25, 0.3) is 0 Å². The van der Waals surface area contributed by atoms with Crippen molar-refractivity contribution in [3.05, 3.63) is 17.2 Å². The van der Waals surface area contributed by atoms with E-state index in [9.17, 15) is 14.7 Å². The summed E-state index contributed by atoms with van der Waals surface area (Å²) in [5.41, 5.74) is 0.534. The van der Waals surface area contributed by atoms with Gasteiger partial charge in [0, 0.05) is 26.1 Å². The lowest BCUT2D eigenvalue weighted by atomic mass is 10.2. The number of anilines is 2. The molecule has 1 fully saturated rings. The standard InChI is InChI=1S/C15H21ClN4O3.ClH/c1-10(21)18-12-8-14(22)13(7-11(12)16)19-15(23)9-20(2)5-3-17-4-6-20;/h7-8,17H,3-6,9H2,1-2H3,(H2-,18,19,21,22,23);1H. The molecule has 1 heterocycles. The van der Waals surface area contributed by atoms with E-state index in [4.69, 9.17) is 11.6 Å². The molecule has 0 aliphatic carbocycles. The molecule has 1 aliphatic heterocycles. The topological polar surface area (TPSA) is 90.5 Å². The molecule has 1 saturated heterocycles. The van der Waals surface area contributed by atoms with Gasteiger partial charge in [0.1, 0.15) is 5.75 Å². The summed E-state index contributed by atoms with van der Waals surface area (Å²) >= 11 is 6.06. The molecule has 9 heteroatoms. The molecule has 24 heavy (non-hydrogen) atoms. The molecule has 0 aromatic heterocycles. The number of quaternary nitrogens is 1. The molecule has 1 aliphatic rings. The normalized spacial score (nSPS) is 16.0. The summed E-state index contributed by atoms with van der Waals surface area (Å²) in [6.45, 7) is 5.19. The number of rotatable bonds is 4. The Morgan fingerprint density at radius 2 is 1.88 bits per heavy atom. The summed E-state index contributed by atoms with van der Waals surface area (Å²) in [5, 5.41) is 18.7. The minimum Gasteiger partial charge on any atom is -1.00 e. The summed E-state index contributed by atoms with van der Waals surface area (Å²) in [4.78, 5) is 23.3. The van der Waals surface area contributed by atoms with Crippen molar-refractivity contribution in [3.8, 4) is 5.75 Å². The fourth-order valence-electron chi connectivity index (χ4n) is 2.58. The van der Waals surface area contributed by atoms with Gasteiger partial charge in [-0.2, -0.15) is 0 Å². The Morgan fingerprint density at radius 1 is 1.25 bits per heavy atom. The third-order valence-electron chi connectivity index (χ3n) is 3.85. The summed E-state index contributed by atoms with van der Waals surface area (Å²) in [7, 11) is 2.03. The lowest BCUT2D eigenvalue weighted by Crippen LogP contribution is -3.00. The average molecular weight is 377 g/mol. The van der Waals surface area contributed by atoms with Crippen LogP contribution >= 0.6 is 11.6 Å². The number of benzene rings is 1. The van der Waals surface area contributed by atoms with Gasteiger partial charge in [0.2, 0.25) is 5.91 Å². The second-order valence-electron chi connectivity index (χ2n) is 6.05. The highest BCUT2D eigenvalue weighted by Gasteiger charge is 2.27. The van der Waals surface area contributed by atoms with Crippen LogP contribution in [0.3, 0.4) is 0 Å². The van der Waals surface area contributed by atoms with Crippen molar-refractivity contribution in [2.75, 3.05) is 50.4 Å². The molecule has 0 atom stereocenters. The van der Waals surface area contributed by atoms with Crippen LogP contribution in [0.4, 0.5) is 11.4 Å². The molecular formula is C15H22Cl2N4O3. The molecule has 0 spiro atoms. The van der Waals surface area contributed by atoms with Gasteiger partial charge in [0.25, 0.3) is 5.91 Å². The van der Waals surface area contributed by atoms with E-state index in [1.54, 1.807) is 0 Å². The summed E-state index contributed by atoms with van der Waals surface area (Å²) in [5.74, 6) is -0.623. The Bertz CT molecular complexity index is 619. The molecule has 2 rings (SSSR count). The number of amides is 2. The number of likely N-dealkylation sites (N-methyl/N-ethyl adjacent to an activating group) is 1. The van der Waals surface area contributed by atoms with Crippen LogP contribution in [-0.4, -0.2) is 61.2 Å². The number of nitrogens with zero attached hydrogens (tertiary/aromatic N) is 1. The summed E-state index contributed by atoms with van der Waals surface area (Å²) < 4.78 is 0.650. The van der Waals surface area contributed by atoms with Crippen molar-refractivity contribution >= 4 is 34.8 Å². The van der Waals surface area contributed by atoms with Crippen LogP contribution < -0.4 is 28.4 Å². The van der Waals surface area contributed by atoms with Crippen LogP contribution in [-0.2, 0) is 9.59 Å². The van der Waals surface area contributed by atoms with E-state index < -0.39 is 0 Å². The van der Waals surface area contributed by atoms with Gasteiger partial charge in [-0.25, -0.2) is 0 Å². The van der Waals surface area contributed by atoms with Crippen molar-refractivity contribution < 1.29 is 31.6 Å². The quantitative estimate of drug-likeness (QED) is 0.361. The minimum atomic E-state index is -0.292. The van der Waals surface area contributed by atoms with Crippen LogP contribution in [0.2, 0.25) is 5.02 Å². The number of hydrogen-bond donors (Lipinski definition) is 4. The van der Waals surface area contributed by atoms with Gasteiger partial charge >= 0.3 is 0 Å². The van der Waals surface area contributed by atoms with Crippen molar-refractivity contribution in [1.29, 1.82) is 0 Å². The third-order valence-corrected chi connectivity index (χ3v) is 4.17. The van der Waals surface area contributed by atoms with Crippen molar-refractivity contribution in [2.45, 2.75) is 6.92 Å². The number of phenolic OH excluding ortho intramolecular Hbond substituents is 1. The molecule has 0 saturated carbocycles. The molecule has 134 valence electrons. The van der Waals surface area contributed by atoms with Gasteiger partial charge in [-0.15, -0.1) is 0 Å². The Labute approximate surface area is 152 Å². The van der Waals surface area contributed by atoms with Gasteiger partial charge in [-0.1, -0.05) is 11.6 Å². The van der Waals surface area contributed by atoms with E-state index >= 15 is 0 Å². The first-order chi connectivity index (χ1) is 10.8. The van der Waals surface area contributed by atoms with E-state index in [0.29, 0.717) is 16.7 Å². The SMILES string of the molecule is CC(=O)Nc1cc(O)c(NC(=O)C[N+]2(C)CCNCC2)cc1Cl.[Cl-]. The lowest BCUT2D eigenvalue weighted by Gasteiger charge is -2.37. The van der Waals surface area contributed by atoms with E-state index in [-0.39, 0.29) is 40.7 Å². The maximum Gasteiger partial charge on any atom is 0.279 e. The van der Waals surface area contributed by atoms with Gasteiger partial charge in [-0.3, -0.25) is 9.59 Å². The summed E-state index contributed by atoms with van der Waals surface area (Å²) in [6, 6.07) is 2.75. The van der Waals surface area contributed by atoms with E-state index in [2.05, 4.69) is 16.0 Å². The molecule has 0 unspecified atom stereocenters. The first-order valence-corrected chi connectivity index (χ1v) is 7.81. The lowest BCUT2D eigenvalue weighted by molar-refractivity contribution is -0.903. The Kier molecular flexibility index (Phi) is 7.28. The molecule has 7 nitrogen and oxygen atoms in total. The largest absolute Gasteiger partial charge is 1.00 e. The maximum atomic E-state index is 12.2. The van der Waals surface area contributed by atoms with Crippen molar-refractivity contribution in [2.24, 2.45) is 0 Å². The summed E-state index contributed by atoms with van der Waals surface area (Å²) in [6.07, 6.45) is 0. The first-order valence-electron chi connectivity index (χ1n) is 7.43. The van der Waals surface area contributed by atoms with Crippen LogP contribution in [0.5, 0.6) is 5.75 Å². The molecule has 1 aromatic carbocycles. The second kappa shape index (κ2) is 8.53. The zero-order valence-electron chi connectivity index (χ0n) is 13.7. The average Bonchev–Trinajstić information content (AvgIpc) is 2.44. The monoisotopic (exact) mass is 376 g/mol. The number of carbonyl (C=O) groups excluding carboxylic acids is 2. The minimum absolute atomic E-state index is 0. The van der Waals surface area contributed by atoms with Gasteiger partial charge in [0.15, 0.2) is 6.54 Å². The third kappa shape index (κ3) is 5.52. The van der Waals surface area contributed by atoms with Crippen LogP contribution in [0.1, 0.15) is 6.92 Å². The number of hydrogen-bond acceptors (Lipinski definition) is 4. The van der Waals surface area contributed by atoms with Gasteiger partial charge in [0.05, 0.1) is 36.5 Å². The molecular weight excluding hydrogens is 355 g/mol.